The molecule has 0 unspecified atom stereocenters. The van der Waals surface area contributed by atoms with Crippen molar-refractivity contribution in [1.82, 2.24) is 0 Å². The van der Waals surface area contributed by atoms with Crippen LogP contribution in [0, 0.1) is 16.2 Å². The summed E-state index contributed by atoms with van der Waals surface area (Å²) in [7, 11) is -4.64. The first-order chi connectivity index (χ1) is 29.7. The van der Waals surface area contributed by atoms with Gasteiger partial charge in [0, 0.05) is 40.4 Å². The van der Waals surface area contributed by atoms with Gasteiger partial charge >= 0.3 is 41.8 Å². The number of rotatable bonds is 15. The third kappa shape index (κ3) is 29.2. The van der Waals surface area contributed by atoms with E-state index in [-0.39, 0.29) is 103 Å². The number of carboxylic acid groups (broad SMARTS) is 6. The van der Waals surface area contributed by atoms with Crippen LogP contribution in [-0.2, 0) is 19.6 Å². The van der Waals surface area contributed by atoms with Crippen molar-refractivity contribution in [2.24, 2.45) is 16.2 Å². The van der Waals surface area contributed by atoms with Crippen molar-refractivity contribution in [3.05, 3.63) is 100 Å². The predicted molar refractivity (Wildman–Crippen MR) is 231 cm³/mol. The van der Waals surface area contributed by atoms with Crippen LogP contribution in [0.3, 0.4) is 0 Å². The molecule has 3 aromatic carbocycles. The minimum Gasteiger partial charge on any atom is -0.478 e. The molecule has 13 N–H and O–H groups in total. The number of esters is 1. The molecule has 23 nitrogen and oxygen atoms in total. The van der Waals surface area contributed by atoms with Gasteiger partial charge in [0.2, 0.25) is 0 Å². The number of benzene rings is 3. The third-order valence-electron chi connectivity index (χ3n) is 7.36. The van der Waals surface area contributed by atoms with E-state index in [1.165, 1.54) is 42.5 Å². The van der Waals surface area contributed by atoms with E-state index in [0.717, 1.165) is 12.1 Å². The fraction of sp³-hybridized carbons (Fsp3) is 0.390. The summed E-state index contributed by atoms with van der Waals surface area (Å²) in [6, 6.07) is 12.4. The molecule has 0 atom stereocenters. The molecule has 0 amide bonds. The van der Waals surface area contributed by atoms with Gasteiger partial charge in [0.25, 0.3) is 10.1 Å². The molecular formula is C41H56NaO23S. The molecule has 0 aliphatic heterocycles. The maximum atomic E-state index is 11.4. The molecular weight excluding hydrogens is 915 g/mol. The molecule has 3 aromatic rings. The molecule has 0 bridgehead atoms. The fourth-order valence-electron chi connectivity index (χ4n) is 3.15. The standard InChI is InChI=1S/C10H20O4.C8H6O7S.2C8H6O4.C5H12O2.C2H6O2.Na/c1-9(2,5-11)7-14-8(13)10(3,4)6-12;9-7(10)4-1-5(8(11)12)3-6(2-4)16(13,14)15;9-7(10)5-1-2-6(4-3-5)8(11)12;9-7(10)5-2-1-3-6(4-5)8(11)12;1-5(2,3-6)4-7;3-1-2-4;/h11-12H,5-7H2,1-4H3;1-3H,(H,9,10)(H,11,12)(H,13,14,15);2*1-4H,(H,9,10)(H,11,12);6-7H,3-4H2,1-2H3;3-4H,1-2H2;. The van der Waals surface area contributed by atoms with Gasteiger partial charge in [0.05, 0.1) is 89.9 Å². The first-order valence-corrected chi connectivity index (χ1v) is 19.7. The van der Waals surface area contributed by atoms with E-state index < -0.39 is 78.8 Å². The molecule has 3 rings (SSSR count). The fourth-order valence-corrected chi connectivity index (χ4v) is 3.70. The van der Waals surface area contributed by atoms with Crippen LogP contribution in [0.15, 0.2) is 71.6 Å². The molecule has 0 saturated carbocycles. The Hall–Kier alpha value is -5.38. The molecule has 1 radical (unpaired) electrons. The predicted octanol–water partition coefficient (Wildman–Crippen LogP) is 1.65. The smallest absolute Gasteiger partial charge is 0.335 e. The second kappa shape index (κ2) is 32.3. The summed E-state index contributed by atoms with van der Waals surface area (Å²) in [5, 5.41) is 101. The summed E-state index contributed by atoms with van der Waals surface area (Å²) in [5.74, 6) is -7.81. The maximum absolute atomic E-state index is 11.4. The second-order valence-corrected chi connectivity index (χ2v) is 16.5. The number of carbonyl (C=O) groups is 7. The maximum Gasteiger partial charge on any atom is 0.335 e. The van der Waals surface area contributed by atoms with Crippen LogP contribution in [0.2, 0.25) is 0 Å². The number of aromatic carboxylic acids is 6. The molecule has 66 heavy (non-hydrogen) atoms. The van der Waals surface area contributed by atoms with Crippen LogP contribution in [0.5, 0.6) is 0 Å². The number of aliphatic hydroxyl groups is 6. The Labute approximate surface area is 401 Å². The van der Waals surface area contributed by atoms with Crippen molar-refractivity contribution in [2.45, 2.75) is 46.4 Å². The topological polar surface area (TPSA) is 426 Å². The van der Waals surface area contributed by atoms with E-state index >= 15 is 0 Å². The summed E-state index contributed by atoms with van der Waals surface area (Å²) in [6.07, 6.45) is 0. The van der Waals surface area contributed by atoms with Crippen molar-refractivity contribution in [2.75, 3.05) is 46.2 Å². The zero-order valence-corrected chi connectivity index (χ0v) is 39.9. The monoisotopic (exact) mass is 971 g/mol. The van der Waals surface area contributed by atoms with E-state index in [4.69, 9.17) is 70.6 Å². The minimum atomic E-state index is -4.64. The Morgan fingerprint density at radius 1 is 0.470 bits per heavy atom. The van der Waals surface area contributed by atoms with Gasteiger partial charge in [-0.05, 0) is 74.5 Å². The zero-order valence-electron chi connectivity index (χ0n) is 37.1. The van der Waals surface area contributed by atoms with Gasteiger partial charge in [-0.1, -0.05) is 33.8 Å². The molecule has 0 spiro atoms. The van der Waals surface area contributed by atoms with Gasteiger partial charge in [0.1, 0.15) is 0 Å². The molecule has 0 saturated heterocycles. The van der Waals surface area contributed by atoms with Crippen LogP contribution in [-0.4, -0.2) is 192 Å². The second-order valence-electron chi connectivity index (χ2n) is 15.1. The van der Waals surface area contributed by atoms with E-state index in [9.17, 15) is 42.0 Å². The average molecular weight is 972 g/mol. The summed E-state index contributed by atoms with van der Waals surface area (Å²) in [5.41, 5.74) is -2.54. The first-order valence-electron chi connectivity index (χ1n) is 18.3. The number of hydrogen-bond donors (Lipinski definition) is 13. The van der Waals surface area contributed by atoms with Gasteiger partial charge in [0.15, 0.2) is 0 Å². The number of hydrogen-bond acceptors (Lipinski definition) is 16. The molecule has 0 aliphatic rings. The number of aliphatic hydroxyl groups excluding tert-OH is 6. The van der Waals surface area contributed by atoms with Crippen molar-refractivity contribution in [3.63, 3.8) is 0 Å². The largest absolute Gasteiger partial charge is 0.478 e. The van der Waals surface area contributed by atoms with Crippen LogP contribution in [0.25, 0.3) is 0 Å². The zero-order chi connectivity index (χ0) is 51.5. The summed E-state index contributed by atoms with van der Waals surface area (Å²) < 4.78 is 35.2. The summed E-state index contributed by atoms with van der Waals surface area (Å²) >= 11 is 0. The Kier molecular flexibility index (Phi) is 32.9. The van der Waals surface area contributed by atoms with Gasteiger partial charge < -0.3 is 66.0 Å². The van der Waals surface area contributed by atoms with E-state index in [2.05, 4.69) is 0 Å². The van der Waals surface area contributed by atoms with Crippen LogP contribution >= 0.6 is 0 Å². The Morgan fingerprint density at radius 2 is 0.773 bits per heavy atom. The van der Waals surface area contributed by atoms with Crippen LogP contribution in [0.1, 0.15) is 104 Å². The molecule has 0 fully saturated rings. The van der Waals surface area contributed by atoms with Crippen molar-refractivity contribution >= 4 is 81.5 Å². The first kappa shape index (κ1) is 67.2. The Morgan fingerprint density at radius 3 is 1.00 bits per heavy atom. The Balaban J connectivity index is -0.000000361. The Bertz CT molecular complexity index is 2030. The van der Waals surface area contributed by atoms with Crippen molar-refractivity contribution in [1.29, 1.82) is 0 Å². The van der Waals surface area contributed by atoms with E-state index in [1.54, 1.807) is 41.5 Å². The van der Waals surface area contributed by atoms with Crippen molar-refractivity contribution in [3.8, 4) is 0 Å². The van der Waals surface area contributed by atoms with Gasteiger partial charge in [-0.2, -0.15) is 8.42 Å². The number of ether oxygens (including phenoxy) is 1. The van der Waals surface area contributed by atoms with Gasteiger partial charge in [-0.3, -0.25) is 9.35 Å². The molecule has 0 aliphatic carbocycles. The summed E-state index contributed by atoms with van der Waals surface area (Å²) in [6.45, 7) is 10.1. The molecule has 25 heteroatoms. The molecule has 0 aromatic heterocycles. The average Bonchev–Trinajstić information content (AvgIpc) is 3.25. The minimum absolute atomic E-state index is 0. The quantitative estimate of drug-likeness (QED) is 0.0585. The van der Waals surface area contributed by atoms with E-state index in [1.807, 2.05) is 0 Å². The van der Waals surface area contributed by atoms with Crippen LogP contribution < -0.4 is 0 Å². The SMILES string of the molecule is CC(C)(CO)CO.CC(C)(CO)COC(=O)C(C)(C)CO.O=C(O)c1cc(C(=O)O)cc(S(=O)(=O)O)c1.O=C(O)c1ccc(C(=O)O)cc1.O=C(O)c1cccc(C(=O)O)c1.OCCO.[Na]. The van der Waals surface area contributed by atoms with Gasteiger partial charge in [-0.25, -0.2) is 28.8 Å². The normalized spacial score (nSPS) is 10.5. The van der Waals surface area contributed by atoms with Crippen molar-refractivity contribution < 1.29 is 113 Å². The third-order valence-corrected chi connectivity index (χ3v) is 8.19. The van der Waals surface area contributed by atoms with Crippen LogP contribution in [0.4, 0.5) is 0 Å². The number of carbonyl (C=O) groups excluding carboxylic acids is 1. The molecule has 365 valence electrons. The van der Waals surface area contributed by atoms with Gasteiger partial charge in [-0.15, -0.1) is 0 Å². The van der Waals surface area contributed by atoms with E-state index in [0.29, 0.717) is 12.1 Å². The molecule has 0 heterocycles. The summed E-state index contributed by atoms with van der Waals surface area (Å²) in [4.78, 5) is 73.2. The number of carboxylic acids is 6.